The van der Waals surface area contributed by atoms with Crippen LogP contribution in [-0.4, -0.2) is 43.7 Å². The van der Waals surface area contributed by atoms with Crippen molar-refractivity contribution in [2.45, 2.75) is 51.6 Å². The largest absolute Gasteiger partial charge is 0.501 e. The molecular weight excluding hydrogens is 212 g/mol. The number of ether oxygens (including phenoxy) is 1. The van der Waals surface area contributed by atoms with Gasteiger partial charge in [-0.3, -0.25) is 0 Å². The summed E-state index contributed by atoms with van der Waals surface area (Å²) in [7, 11) is 4.29. The van der Waals surface area contributed by atoms with Crippen LogP contribution >= 0.6 is 0 Å². The lowest BCUT2D eigenvalue weighted by Crippen LogP contribution is -2.56. The van der Waals surface area contributed by atoms with Crippen molar-refractivity contribution in [1.82, 2.24) is 10.2 Å². The minimum absolute atomic E-state index is 0.0989. The second kappa shape index (κ2) is 6.41. The van der Waals surface area contributed by atoms with Crippen molar-refractivity contribution >= 4 is 0 Å². The minimum atomic E-state index is 0.0989. The van der Waals surface area contributed by atoms with Crippen LogP contribution in [0.5, 0.6) is 0 Å². The first kappa shape index (κ1) is 14.5. The van der Waals surface area contributed by atoms with Crippen LogP contribution in [0, 0.1) is 0 Å². The molecular formula is C14H28N2O. The molecule has 0 aromatic heterocycles. The van der Waals surface area contributed by atoms with Gasteiger partial charge in [0.25, 0.3) is 0 Å². The van der Waals surface area contributed by atoms with Gasteiger partial charge in [0.15, 0.2) is 0 Å². The highest BCUT2D eigenvalue weighted by Gasteiger charge is 2.34. The average Bonchev–Trinajstić information content (AvgIpc) is 2.30. The first-order valence-electron chi connectivity index (χ1n) is 6.71. The topological polar surface area (TPSA) is 24.5 Å². The Labute approximate surface area is 106 Å². The van der Waals surface area contributed by atoms with Crippen molar-refractivity contribution in [2.75, 3.05) is 27.2 Å². The Morgan fingerprint density at radius 1 is 1.47 bits per heavy atom. The molecule has 0 aliphatic carbocycles. The molecule has 1 aliphatic rings. The SMILES string of the molecule is CCCNC(C1=COCCC1)C(C)(C)N(C)C. The quantitative estimate of drug-likeness (QED) is 0.771. The predicted octanol–water partition coefficient (Wildman–Crippen LogP) is 2.39. The predicted molar refractivity (Wildman–Crippen MR) is 73.1 cm³/mol. The molecule has 3 nitrogen and oxygen atoms in total. The molecule has 3 heteroatoms. The van der Waals surface area contributed by atoms with Crippen LogP contribution in [0.25, 0.3) is 0 Å². The van der Waals surface area contributed by atoms with Gasteiger partial charge in [0.2, 0.25) is 0 Å². The van der Waals surface area contributed by atoms with Crippen LogP contribution in [0.2, 0.25) is 0 Å². The summed E-state index contributed by atoms with van der Waals surface area (Å²) in [6, 6.07) is 0.373. The van der Waals surface area contributed by atoms with Crippen LogP contribution in [0.3, 0.4) is 0 Å². The molecule has 0 saturated heterocycles. The Morgan fingerprint density at radius 3 is 2.65 bits per heavy atom. The van der Waals surface area contributed by atoms with Gasteiger partial charge >= 0.3 is 0 Å². The van der Waals surface area contributed by atoms with Crippen molar-refractivity contribution < 1.29 is 4.74 Å². The van der Waals surface area contributed by atoms with Gasteiger partial charge in [0.05, 0.1) is 12.9 Å². The summed E-state index contributed by atoms with van der Waals surface area (Å²) in [5, 5.41) is 3.67. The molecule has 1 atom stereocenters. The third kappa shape index (κ3) is 3.71. The van der Waals surface area contributed by atoms with Gasteiger partial charge < -0.3 is 15.0 Å². The third-order valence-electron chi connectivity index (χ3n) is 3.79. The lowest BCUT2D eigenvalue weighted by atomic mass is 9.85. The normalized spacial score (nSPS) is 18.8. The maximum Gasteiger partial charge on any atom is 0.0876 e. The summed E-state index contributed by atoms with van der Waals surface area (Å²) in [5.41, 5.74) is 1.50. The van der Waals surface area contributed by atoms with Gasteiger partial charge in [-0.2, -0.15) is 0 Å². The van der Waals surface area contributed by atoms with Crippen LogP contribution < -0.4 is 5.32 Å². The van der Waals surface area contributed by atoms with E-state index in [1.165, 1.54) is 5.57 Å². The zero-order chi connectivity index (χ0) is 12.9. The first-order chi connectivity index (χ1) is 8.00. The number of likely N-dealkylation sites (N-methyl/N-ethyl adjacent to an activating group) is 1. The van der Waals surface area contributed by atoms with E-state index in [-0.39, 0.29) is 5.54 Å². The summed E-state index contributed by atoms with van der Waals surface area (Å²) in [6.07, 6.45) is 5.43. The standard InChI is InChI=1S/C14H28N2O/c1-6-9-15-13(14(2,3)16(4)5)12-8-7-10-17-11-12/h11,13,15H,6-10H2,1-5H3. The van der Waals surface area contributed by atoms with Crippen molar-refractivity contribution in [3.05, 3.63) is 11.8 Å². The van der Waals surface area contributed by atoms with E-state index in [0.29, 0.717) is 6.04 Å². The summed E-state index contributed by atoms with van der Waals surface area (Å²) in [4.78, 5) is 2.29. The highest BCUT2D eigenvalue weighted by atomic mass is 16.5. The smallest absolute Gasteiger partial charge is 0.0876 e. The highest BCUT2D eigenvalue weighted by Crippen LogP contribution is 2.26. The molecule has 0 bridgehead atoms. The molecule has 0 fully saturated rings. The van der Waals surface area contributed by atoms with E-state index in [4.69, 9.17) is 4.74 Å². The molecule has 17 heavy (non-hydrogen) atoms. The Morgan fingerprint density at radius 2 is 2.18 bits per heavy atom. The molecule has 1 rings (SSSR count). The molecule has 100 valence electrons. The Bertz CT molecular complexity index is 259. The van der Waals surface area contributed by atoms with E-state index in [9.17, 15) is 0 Å². The van der Waals surface area contributed by atoms with Gasteiger partial charge in [0, 0.05) is 11.6 Å². The first-order valence-corrected chi connectivity index (χ1v) is 6.71. The van der Waals surface area contributed by atoms with E-state index in [1.807, 2.05) is 6.26 Å². The molecule has 1 aliphatic heterocycles. The van der Waals surface area contributed by atoms with Crippen molar-refractivity contribution in [1.29, 1.82) is 0 Å². The van der Waals surface area contributed by atoms with Crippen LogP contribution in [0.4, 0.5) is 0 Å². The van der Waals surface area contributed by atoms with Gasteiger partial charge in [-0.25, -0.2) is 0 Å². The van der Waals surface area contributed by atoms with E-state index in [2.05, 4.69) is 45.1 Å². The molecule has 1 heterocycles. The summed E-state index contributed by atoms with van der Waals surface area (Å²) >= 11 is 0. The van der Waals surface area contributed by atoms with Crippen molar-refractivity contribution in [3.8, 4) is 0 Å². The Hall–Kier alpha value is -0.540. The molecule has 0 spiro atoms. The number of hydrogen-bond acceptors (Lipinski definition) is 3. The highest BCUT2D eigenvalue weighted by molar-refractivity contribution is 5.17. The second-order valence-electron chi connectivity index (χ2n) is 5.60. The number of hydrogen-bond donors (Lipinski definition) is 1. The summed E-state index contributed by atoms with van der Waals surface area (Å²) < 4.78 is 5.50. The molecule has 0 radical (unpaired) electrons. The molecule has 0 amide bonds. The minimum Gasteiger partial charge on any atom is -0.501 e. The summed E-state index contributed by atoms with van der Waals surface area (Å²) in [6.45, 7) is 8.70. The van der Waals surface area contributed by atoms with E-state index in [0.717, 1.165) is 32.4 Å². The van der Waals surface area contributed by atoms with E-state index >= 15 is 0 Å². The van der Waals surface area contributed by atoms with Crippen LogP contribution in [-0.2, 0) is 4.74 Å². The monoisotopic (exact) mass is 240 g/mol. The molecule has 1 N–H and O–H groups in total. The number of rotatable bonds is 6. The second-order valence-corrected chi connectivity index (χ2v) is 5.60. The van der Waals surface area contributed by atoms with Gasteiger partial charge in [-0.15, -0.1) is 0 Å². The molecule has 1 unspecified atom stereocenters. The van der Waals surface area contributed by atoms with Crippen molar-refractivity contribution in [2.24, 2.45) is 0 Å². The lowest BCUT2D eigenvalue weighted by molar-refractivity contribution is 0.140. The Balaban J connectivity index is 2.82. The fourth-order valence-electron chi connectivity index (χ4n) is 2.18. The number of nitrogens with one attached hydrogen (secondary N) is 1. The maximum absolute atomic E-state index is 5.50. The van der Waals surface area contributed by atoms with Crippen LogP contribution in [0.15, 0.2) is 11.8 Å². The summed E-state index contributed by atoms with van der Waals surface area (Å²) in [5.74, 6) is 0. The fraction of sp³-hybridized carbons (Fsp3) is 0.857. The van der Waals surface area contributed by atoms with Gasteiger partial charge in [-0.1, -0.05) is 6.92 Å². The van der Waals surface area contributed by atoms with Gasteiger partial charge in [0.1, 0.15) is 0 Å². The molecule has 0 aromatic carbocycles. The third-order valence-corrected chi connectivity index (χ3v) is 3.79. The van der Waals surface area contributed by atoms with Gasteiger partial charge in [-0.05, 0) is 59.3 Å². The molecule has 0 aromatic rings. The van der Waals surface area contributed by atoms with Crippen molar-refractivity contribution in [3.63, 3.8) is 0 Å². The maximum atomic E-state index is 5.50. The van der Waals surface area contributed by atoms with E-state index < -0.39 is 0 Å². The Kier molecular flexibility index (Phi) is 5.47. The van der Waals surface area contributed by atoms with E-state index in [1.54, 1.807) is 0 Å². The zero-order valence-electron chi connectivity index (χ0n) is 12.0. The number of nitrogens with zero attached hydrogens (tertiary/aromatic N) is 1. The average molecular weight is 240 g/mol. The fourth-order valence-corrected chi connectivity index (χ4v) is 2.18. The molecule has 0 saturated carbocycles. The lowest BCUT2D eigenvalue weighted by Gasteiger charge is -2.42. The zero-order valence-corrected chi connectivity index (χ0v) is 12.0. The van der Waals surface area contributed by atoms with Crippen LogP contribution in [0.1, 0.15) is 40.0 Å².